The Bertz CT molecular complexity index is 765. The summed E-state index contributed by atoms with van der Waals surface area (Å²) in [6, 6.07) is 4.56. The fourth-order valence-corrected chi connectivity index (χ4v) is 2.85. The maximum absolute atomic E-state index is 12.3. The van der Waals surface area contributed by atoms with Gasteiger partial charge in [0, 0.05) is 11.3 Å². The van der Waals surface area contributed by atoms with E-state index in [9.17, 15) is 21.6 Å². The minimum absolute atomic E-state index is 0.00163. The third-order valence-corrected chi connectivity index (χ3v) is 4.48. The van der Waals surface area contributed by atoms with Crippen LogP contribution in [0.3, 0.4) is 0 Å². The van der Waals surface area contributed by atoms with E-state index in [4.69, 9.17) is 0 Å². The number of halogens is 3. The van der Waals surface area contributed by atoms with Crippen molar-refractivity contribution in [2.75, 3.05) is 4.72 Å². The SMILES string of the molecule is Cc1[nH]nc(NS(=O)(=O)c2ccc(CC(F)(F)F)cc2)c1C. The number of hydrogen-bond acceptors (Lipinski definition) is 3. The van der Waals surface area contributed by atoms with Crippen LogP contribution in [0.4, 0.5) is 19.0 Å². The predicted octanol–water partition coefficient (Wildman–Crippen LogP) is 2.93. The van der Waals surface area contributed by atoms with Crippen molar-refractivity contribution in [1.29, 1.82) is 0 Å². The zero-order valence-corrected chi connectivity index (χ0v) is 12.6. The Labute approximate surface area is 125 Å². The molecule has 5 nitrogen and oxygen atoms in total. The summed E-state index contributed by atoms with van der Waals surface area (Å²) in [5.41, 5.74) is 1.37. The van der Waals surface area contributed by atoms with Crippen LogP contribution in [0.5, 0.6) is 0 Å². The first-order chi connectivity index (χ1) is 10.1. The number of rotatable bonds is 4. The Morgan fingerprint density at radius 3 is 2.23 bits per heavy atom. The van der Waals surface area contributed by atoms with Crippen molar-refractivity contribution in [2.24, 2.45) is 0 Å². The Kier molecular flexibility index (Phi) is 4.19. The van der Waals surface area contributed by atoms with Gasteiger partial charge < -0.3 is 0 Å². The standard InChI is InChI=1S/C13H14F3N3O2S/c1-8-9(2)17-18-12(8)19-22(20,21)11-5-3-10(4-6-11)7-13(14,15)16/h3-6H,7H2,1-2H3,(H2,17,18,19). The molecule has 120 valence electrons. The molecule has 2 rings (SSSR count). The lowest BCUT2D eigenvalue weighted by atomic mass is 10.1. The van der Waals surface area contributed by atoms with E-state index in [0.717, 1.165) is 30.0 Å². The van der Waals surface area contributed by atoms with Crippen LogP contribution in [0.25, 0.3) is 0 Å². The molecular formula is C13H14F3N3O2S. The van der Waals surface area contributed by atoms with E-state index in [2.05, 4.69) is 14.9 Å². The molecule has 0 radical (unpaired) electrons. The number of sulfonamides is 1. The van der Waals surface area contributed by atoms with Gasteiger partial charge in [0.1, 0.15) is 0 Å². The van der Waals surface area contributed by atoms with Gasteiger partial charge in [0.05, 0.1) is 11.3 Å². The minimum Gasteiger partial charge on any atom is -0.280 e. The maximum atomic E-state index is 12.3. The van der Waals surface area contributed by atoms with Crippen LogP contribution in [-0.2, 0) is 16.4 Å². The molecule has 0 aliphatic heterocycles. The van der Waals surface area contributed by atoms with E-state index in [0.29, 0.717) is 5.56 Å². The van der Waals surface area contributed by atoms with Crippen molar-refractivity contribution in [1.82, 2.24) is 10.2 Å². The van der Waals surface area contributed by atoms with Gasteiger partial charge in [0.15, 0.2) is 5.82 Å². The van der Waals surface area contributed by atoms with Gasteiger partial charge in [-0.3, -0.25) is 9.82 Å². The highest BCUT2D eigenvalue weighted by Crippen LogP contribution is 2.23. The van der Waals surface area contributed by atoms with Crippen LogP contribution < -0.4 is 4.72 Å². The second kappa shape index (κ2) is 5.64. The summed E-state index contributed by atoms with van der Waals surface area (Å²) in [6.07, 6.45) is -5.43. The first kappa shape index (κ1) is 16.3. The molecule has 0 saturated heterocycles. The van der Waals surface area contributed by atoms with Gasteiger partial charge in [-0.25, -0.2) is 8.42 Å². The van der Waals surface area contributed by atoms with Gasteiger partial charge in [0.25, 0.3) is 10.0 Å². The molecule has 0 aliphatic carbocycles. The van der Waals surface area contributed by atoms with Crippen molar-refractivity contribution < 1.29 is 21.6 Å². The first-order valence-electron chi connectivity index (χ1n) is 6.28. The first-order valence-corrected chi connectivity index (χ1v) is 7.77. The Hall–Kier alpha value is -2.03. The largest absolute Gasteiger partial charge is 0.393 e. The van der Waals surface area contributed by atoms with Crippen molar-refractivity contribution in [3.8, 4) is 0 Å². The number of hydrogen-bond donors (Lipinski definition) is 2. The average Bonchev–Trinajstić information content (AvgIpc) is 2.69. The van der Waals surface area contributed by atoms with Gasteiger partial charge >= 0.3 is 6.18 Å². The Morgan fingerprint density at radius 1 is 1.18 bits per heavy atom. The average molecular weight is 333 g/mol. The molecule has 9 heteroatoms. The molecule has 0 unspecified atom stereocenters. The zero-order valence-electron chi connectivity index (χ0n) is 11.8. The van der Waals surface area contributed by atoms with E-state index < -0.39 is 22.6 Å². The van der Waals surface area contributed by atoms with Crippen molar-refractivity contribution >= 4 is 15.8 Å². The molecule has 0 saturated carbocycles. The molecule has 0 amide bonds. The van der Waals surface area contributed by atoms with Crippen LogP contribution in [0.2, 0.25) is 0 Å². The number of aromatic nitrogens is 2. The summed E-state index contributed by atoms with van der Waals surface area (Å²) in [5, 5.41) is 6.47. The van der Waals surface area contributed by atoms with Gasteiger partial charge in [-0.1, -0.05) is 12.1 Å². The third kappa shape index (κ3) is 3.79. The van der Waals surface area contributed by atoms with Crippen LogP contribution >= 0.6 is 0 Å². The zero-order chi connectivity index (χ0) is 16.5. The molecule has 0 aliphatic rings. The number of nitrogens with one attached hydrogen (secondary N) is 2. The molecule has 2 N–H and O–H groups in total. The van der Waals surface area contributed by atoms with Gasteiger partial charge in [-0.2, -0.15) is 18.3 Å². The number of nitrogens with zero attached hydrogens (tertiary/aromatic N) is 1. The molecule has 0 spiro atoms. The Morgan fingerprint density at radius 2 is 1.77 bits per heavy atom. The van der Waals surface area contributed by atoms with E-state index in [1.807, 2.05) is 0 Å². The molecule has 22 heavy (non-hydrogen) atoms. The number of alkyl halides is 3. The number of H-pyrrole nitrogens is 1. The minimum atomic E-state index is -4.33. The lowest BCUT2D eigenvalue weighted by molar-refractivity contribution is -0.127. The highest BCUT2D eigenvalue weighted by atomic mass is 32.2. The molecule has 0 atom stereocenters. The predicted molar refractivity (Wildman–Crippen MR) is 75.1 cm³/mol. The lowest BCUT2D eigenvalue weighted by Gasteiger charge is -2.09. The van der Waals surface area contributed by atoms with Gasteiger partial charge in [0.2, 0.25) is 0 Å². The number of aromatic amines is 1. The van der Waals surface area contributed by atoms with E-state index in [1.54, 1.807) is 13.8 Å². The van der Waals surface area contributed by atoms with E-state index >= 15 is 0 Å². The van der Waals surface area contributed by atoms with Crippen LogP contribution in [0.15, 0.2) is 29.2 Å². The molecule has 1 heterocycles. The maximum Gasteiger partial charge on any atom is 0.393 e. The molecule has 1 aromatic heterocycles. The second-order valence-electron chi connectivity index (χ2n) is 4.86. The molecule has 0 bridgehead atoms. The second-order valence-corrected chi connectivity index (χ2v) is 6.55. The summed E-state index contributed by atoms with van der Waals surface area (Å²) in [4.78, 5) is -0.126. The number of anilines is 1. The van der Waals surface area contributed by atoms with Gasteiger partial charge in [-0.05, 0) is 31.5 Å². The van der Waals surface area contributed by atoms with Gasteiger partial charge in [-0.15, -0.1) is 0 Å². The van der Waals surface area contributed by atoms with Crippen molar-refractivity contribution in [3.63, 3.8) is 0 Å². The Balaban J connectivity index is 2.21. The molecular weight excluding hydrogens is 319 g/mol. The topological polar surface area (TPSA) is 74.8 Å². The van der Waals surface area contributed by atoms with Crippen LogP contribution in [-0.4, -0.2) is 24.8 Å². The lowest BCUT2D eigenvalue weighted by Crippen LogP contribution is -2.15. The van der Waals surface area contributed by atoms with E-state index in [1.165, 1.54) is 0 Å². The fourth-order valence-electron chi connectivity index (χ4n) is 1.79. The highest BCUT2D eigenvalue weighted by molar-refractivity contribution is 7.92. The monoisotopic (exact) mass is 333 g/mol. The summed E-state index contributed by atoms with van der Waals surface area (Å²) in [7, 11) is -3.90. The highest BCUT2D eigenvalue weighted by Gasteiger charge is 2.27. The normalized spacial score (nSPS) is 12.4. The van der Waals surface area contributed by atoms with Crippen molar-refractivity contribution in [2.45, 2.75) is 31.3 Å². The summed E-state index contributed by atoms with van der Waals surface area (Å²) in [5.74, 6) is 0.164. The number of benzene rings is 1. The summed E-state index contributed by atoms with van der Waals surface area (Å²) >= 11 is 0. The molecule has 2 aromatic rings. The third-order valence-electron chi connectivity index (χ3n) is 3.12. The summed E-state index contributed by atoms with van der Waals surface area (Å²) < 4.78 is 63.4. The fraction of sp³-hybridized carbons (Fsp3) is 0.308. The van der Waals surface area contributed by atoms with E-state index in [-0.39, 0.29) is 16.3 Å². The molecule has 1 aromatic carbocycles. The summed E-state index contributed by atoms with van der Waals surface area (Å²) in [6.45, 7) is 3.44. The smallest absolute Gasteiger partial charge is 0.280 e. The quantitative estimate of drug-likeness (QED) is 0.903. The molecule has 0 fully saturated rings. The number of aryl methyl sites for hydroxylation is 1. The van der Waals surface area contributed by atoms with Crippen LogP contribution in [0, 0.1) is 13.8 Å². The van der Waals surface area contributed by atoms with Crippen molar-refractivity contribution in [3.05, 3.63) is 41.1 Å². The van der Waals surface area contributed by atoms with Crippen LogP contribution in [0.1, 0.15) is 16.8 Å².